The summed E-state index contributed by atoms with van der Waals surface area (Å²) in [4.78, 5) is 15.3. The van der Waals surface area contributed by atoms with Gasteiger partial charge in [0.25, 0.3) is 0 Å². The number of carboxylic acid groups (broad SMARTS) is 1. The van der Waals surface area contributed by atoms with E-state index < -0.39 is 11.8 Å². The minimum atomic E-state index is -1.11. The van der Waals surface area contributed by atoms with Crippen molar-refractivity contribution in [1.29, 1.82) is 0 Å². The summed E-state index contributed by atoms with van der Waals surface area (Å²) in [6.45, 7) is 1.79. The number of aromatic carboxylic acids is 1. The molecule has 0 saturated carbocycles. The Bertz CT molecular complexity index is 849. The van der Waals surface area contributed by atoms with Gasteiger partial charge in [-0.3, -0.25) is 4.40 Å². The van der Waals surface area contributed by atoms with Gasteiger partial charge in [0.15, 0.2) is 5.65 Å². The quantitative estimate of drug-likeness (QED) is 0.800. The summed E-state index contributed by atoms with van der Waals surface area (Å²) >= 11 is 1.02. The van der Waals surface area contributed by atoms with Gasteiger partial charge in [-0.05, 0) is 25.1 Å². The summed E-state index contributed by atoms with van der Waals surface area (Å²) in [5.74, 6) is -0.930. The lowest BCUT2D eigenvalue weighted by molar-refractivity contribution is 0.0696. The maximum absolute atomic E-state index is 13.8. The Morgan fingerprint density at radius 1 is 1.38 bits per heavy atom. The Hall–Kier alpha value is -2.48. The number of halogens is 1. The Balaban J connectivity index is 2.06. The summed E-state index contributed by atoms with van der Waals surface area (Å²) in [7, 11) is 0. The summed E-state index contributed by atoms with van der Waals surface area (Å²) in [5.41, 5.74) is 0.517. The van der Waals surface area contributed by atoms with Crippen molar-refractivity contribution in [3.63, 3.8) is 0 Å². The highest BCUT2D eigenvalue weighted by molar-refractivity contribution is 7.99. The SMILES string of the molecule is Cc1nnc2c(Sc3cc(C(=O)O)ccc3F)nccn12. The zero-order valence-corrected chi connectivity index (χ0v) is 11.6. The van der Waals surface area contributed by atoms with Crippen LogP contribution < -0.4 is 0 Å². The van der Waals surface area contributed by atoms with Gasteiger partial charge in [-0.15, -0.1) is 10.2 Å². The zero-order chi connectivity index (χ0) is 15.0. The number of rotatable bonds is 3. The van der Waals surface area contributed by atoms with Gasteiger partial charge in [-0.1, -0.05) is 11.8 Å². The predicted molar refractivity (Wildman–Crippen MR) is 73.0 cm³/mol. The van der Waals surface area contributed by atoms with Gasteiger partial charge in [-0.2, -0.15) is 0 Å². The molecule has 0 spiro atoms. The molecule has 3 aromatic rings. The fourth-order valence-electron chi connectivity index (χ4n) is 1.81. The maximum atomic E-state index is 13.8. The van der Waals surface area contributed by atoms with Crippen LogP contribution in [0.25, 0.3) is 5.65 Å². The van der Waals surface area contributed by atoms with Crippen LogP contribution in [-0.2, 0) is 0 Å². The van der Waals surface area contributed by atoms with E-state index in [2.05, 4.69) is 15.2 Å². The number of nitrogens with zero attached hydrogens (tertiary/aromatic N) is 4. The molecule has 6 nitrogen and oxygen atoms in total. The van der Waals surface area contributed by atoms with E-state index in [1.165, 1.54) is 12.1 Å². The van der Waals surface area contributed by atoms with Gasteiger partial charge in [0.1, 0.15) is 16.7 Å². The molecular formula is C13H9FN4O2S. The van der Waals surface area contributed by atoms with Crippen molar-refractivity contribution in [2.45, 2.75) is 16.8 Å². The van der Waals surface area contributed by atoms with Crippen LogP contribution in [-0.4, -0.2) is 30.7 Å². The largest absolute Gasteiger partial charge is 0.478 e. The van der Waals surface area contributed by atoms with Gasteiger partial charge < -0.3 is 5.11 Å². The van der Waals surface area contributed by atoms with Crippen molar-refractivity contribution in [2.75, 3.05) is 0 Å². The van der Waals surface area contributed by atoms with Gasteiger partial charge >= 0.3 is 5.97 Å². The molecule has 3 rings (SSSR count). The first-order chi connectivity index (χ1) is 10.1. The highest BCUT2D eigenvalue weighted by atomic mass is 32.2. The third kappa shape index (κ3) is 2.45. The molecule has 1 N–H and O–H groups in total. The Kier molecular flexibility index (Phi) is 3.30. The highest BCUT2D eigenvalue weighted by Crippen LogP contribution is 2.31. The van der Waals surface area contributed by atoms with Crippen molar-refractivity contribution >= 4 is 23.4 Å². The van der Waals surface area contributed by atoms with Crippen LogP contribution in [0.1, 0.15) is 16.2 Å². The lowest BCUT2D eigenvalue weighted by Gasteiger charge is -2.05. The van der Waals surface area contributed by atoms with Crippen molar-refractivity contribution < 1.29 is 14.3 Å². The predicted octanol–water partition coefficient (Wildman–Crippen LogP) is 2.42. The molecule has 106 valence electrons. The second-order valence-corrected chi connectivity index (χ2v) is 5.26. The number of benzene rings is 1. The average Bonchev–Trinajstić information content (AvgIpc) is 2.84. The van der Waals surface area contributed by atoms with Crippen LogP contribution in [0.15, 0.2) is 40.5 Å². The summed E-state index contributed by atoms with van der Waals surface area (Å²) in [6, 6.07) is 3.62. The van der Waals surface area contributed by atoms with E-state index >= 15 is 0 Å². The molecule has 0 aliphatic carbocycles. The standard InChI is InChI=1S/C13H9FN4O2S/c1-7-16-17-11-12(15-4-5-18(7)11)21-10-6-8(13(19)20)2-3-9(10)14/h2-6H,1H3,(H,19,20). The molecule has 0 fully saturated rings. The molecular weight excluding hydrogens is 295 g/mol. The summed E-state index contributed by atoms with van der Waals surface area (Å²) in [5, 5.41) is 17.4. The van der Waals surface area contributed by atoms with E-state index in [9.17, 15) is 9.18 Å². The van der Waals surface area contributed by atoms with E-state index in [0.717, 1.165) is 17.8 Å². The monoisotopic (exact) mass is 304 g/mol. The Morgan fingerprint density at radius 3 is 2.95 bits per heavy atom. The highest BCUT2D eigenvalue weighted by Gasteiger charge is 2.14. The van der Waals surface area contributed by atoms with E-state index in [1.54, 1.807) is 23.7 Å². The van der Waals surface area contributed by atoms with Crippen molar-refractivity contribution in [3.05, 3.63) is 47.8 Å². The van der Waals surface area contributed by atoms with E-state index in [1.807, 2.05) is 0 Å². The molecule has 0 aliphatic rings. The normalized spacial score (nSPS) is 11.0. The van der Waals surface area contributed by atoms with Crippen LogP contribution >= 0.6 is 11.8 Å². The van der Waals surface area contributed by atoms with E-state index in [0.29, 0.717) is 16.5 Å². The lowest BCUT2D eigenvalue weighted by Crippen LogP contribution is -1.98. The molecule has 0 atom stereocenters. The number of aromatic nitrogens is 4. The zero-order valence-electron chi connectivity index (χ0n) is 10.8. The minimum Gasteiger partial charge on any atom is -0.478 e. The molecule has 0 amide bonds. The van der Waals surface area contributed by atoms with Gasteiger partial charge in [0.2, 0.25) is 0 Å². The number of hydrogen-bond acceptors (Lipinski definition) is 5. The van der Waals surface area contributed by atoms with Crippen molar-refractivity contribution in [1.82, 2.24) is 19.6 Å². The molecule has 0 radical (unpaired) electrons. The Labute approximate surface area is 122 Å². The third-order valence-corrected chi connectivity index (χ3v) is 3.86. The maximum Gasteiger partial charge on any atom is 0.335 e. The number of carbonyl (C=O) groups is 1. The van der Waals surface area contributed by atoms with E-state index in [4.69, 9.17) is 5.11 Å². The van der Waals surface area contributed by atoms with Crippen molar-refractivity contribution in [2.24, 2.45) is 0 Å². The molecule has 8 heteroatoms. The topological polar surface area (TPSA) is 80.4 Å². The number of fused-ring (bicyclic) bond motifs is 1. The van der Waals surface area contributed by atoms with Crippen molar-refractivity contribution in [3.8, 4) is 0 Å². The first kappa shape index (κ1) is 13.5. The number of carboxylic acids is 1. The summed E-state index contributed by atoms with van der Waals surface area (Å²) in [6.07, 6.45) is 3.27. The molecule has 1 aromatic carbocycles. The van der Waals surface area contributed by atoms with Crippen LogP contribution in [0.2, 0.25) is 0 Å². The second kappa shape index (κ2) is 5.13. The van der Waals surface area contributed by atoms with Crippen LogP contribution in [0.4, 0.5) is 4.39 Å². The Morgan fingerprint density at radius 2 is 2.19 bits per heavy atom. The minimum absolute atomic E-state index is 0.0171. The summed E-state index contributed by atoms with van der Waals surface area (Å²) < 4.78 is 15.6. The molecule has 0 unspecified atom stereocenters. The fourth-order valence-corrected chi connectivity index (χ4v) is 2.71. The molecule has 2 aromatic heterocycles. The van der Waals surface area contributed by atoms with Crippen LogP contribution in [0, 0.1) is 12.7 Å². The second-order valence-electron chi connectivity index (χ2n) is 4.23. The average molecular weight is 304 g/mol. The number of hydrogen-bond donors (Lipinski definition) is 1. The third-order valence-electron chi connectivity index (χ3n) is 2.85. The molecule has 0 aliphatic heterocycles. The van der Waals surface area contributed by atoms with E-state index in [-0.39, 0.29) is 10.5 Å². The van der Waals surface area contributed by atoms with Crippen LogP contribution in [0.5, 0.6) is 0 Å². The number of aryl methyl sites for hydroxylation is 1. The van der Waals surface area contributed by atoms with Gasteiger partial charge in [0, 0.05) is 12.4 Å². The smallest absolute Gasteiger partial charge is 0.335 e. The lowest BCUT2D eigenvalue weighted by atomic mass is 10.2. The van der Waals surface area contributed by atoms with Gasteiger partial charge in [-0.25, -0.2) is 14.2 Å². The van der Waals surface area contributed by atoms with Gasteiger partial charge in [0.05, 0.1) is 10.5 Å². The molecule has 21 heavy (non-hydrogen) atoms. The molecule has 2 heterocycles. The first-order valence-electron chi connectivity index (χ1n) is 5.93. The first-order valence-corrected chi connectivity index (χ1v) is 6.75. The molecule has 0 saturated heterocycles. The van der Waals surface area contributed by atoms with Crippen LogP contribution in [0.3, 0.4) is 0 Å². The molecule has 0 bridgehead atoms. The fraction of sp³-hybridized carbons (Fsp3) is 0.0769.